The average molecular weight is 327 g/mol. The molecule has 1 unspecified atom stereocenters. The molecule has 1 atom stereocenters. The van der Waals surface area contributed by atoms with Crippen molar-refractivity contribution >= 4 is 26.8 Å². The Balaban J connectivity index is 2.64. The summed E-state index contributed by atoms with van der Waals surface area (Å²) in [6.07, 6.45) is -0.150. The molecule has 1 aromatic rings. The molecule has 0 aliphatic carbocycles. The van der Waals surface area contributed by atoms with Crippen molar-refractivity contribution < 1.29 is 14.3 Å². The topological polar surface area (TPSA) is 55.4 Å². The molecule has 0 saturated heterocycles. The van der Waals surface area contributed by atoms with Gasteiger partial charge in [-0.3, -0.25) is 0 Å². The van der Waals surface area contributed by atoms with Crippen LogP contribution < -0.4 is 5.32 Å². The summed E-state index contributed by atoms with van der Waals surface area (Å²) in [4.78, 5) is 23.2. The van der Waals surface area contributed by atoms with E-state index in [2.05, 4.69) is 21.3 Å². The van der Waals surface area contributed by atoms with Gasteiger partial charge in [-0.1, -0.05) is 0 Å². The molecule has 0 spiro atoms. The summed E-state index contributed by atoms with van der Waals surface area (Å²) in [5.74, 6) is 0. The standard InChI is InChI=1S/C14H19NO3Se/c1-14(2,3)18-13(17)15-11(12(16)19)9-10-7-5-4-6-8-10/h4-8,11H,9H2,1-3H3,(H,15,17)(H,16,19)/p-1. The molecule has 0 aromatic heterocycles. The van der Waals surface area contributed by atoms with Crippen molar-refractivity contribution in [1.82, 2.24) is 5.32 Å². The molecule has 1 amide bonds. The van der Waals surface area contributed by atoms with E-state index in [0.29, 0.717) is 6.42 Å². The molecule has 0 bridgehead atoms. The van der Waals surface area contributed by atoms with Crippen LogP contribution in [0.2, 0.25) is 0 Å². The zero-order valence-corrected chi connectivity index (χ0v) is 13.0. The molecule has 0 saturated carbocycles. The molecule has 0 heterocycles. The van der Waals surface area contributed by atoms with E-state index in [0.717, 1.165) is 5.56 Å². The molecule has 5 heteroatoms. The van der Waals surface area contributed by atoms with E-state index in [1.54, 1.807) is 20.8 Å². The molecule has 0 radical (unpaired) electrons. The first-order chi connectivity index (χ1) is 8.78. The van der Waals surface area contributed by atoms with Crippen LogP contribution in [0.1, 0.15) is 26.3 Å². The maximum atomic E-state index is 11.7. The zero-order chi connectivity index (χ0) is 14.5. The van der Waals surface area contributed by atoms with E-state index in [4.69, 9.17) is 4.74 Å². The quantitative estimate of drug-likeness (QED) is 0.858. The normalized spacial score (nSPS) is 12.6. The van der Waals surface area contributed by atoms with Gasteiger partial charge in [0, 0.05) is 0 Å². The summed E-state index contributed by atoms with van der Waals surface area (Å²) in [6.45, 7) is 5.33. The van der Waals surface area contributed by atoms with Gasteiger partial charge < -0.3 is 0 Å². The van der Waals surface area contributed by atoms with Crippen LogP contribution in [-0.4, -0.2) is 38.4 Å². The molecule has 0 fully saturated rings. The van der Waals surface area contributed by atoms with Crippen molar-refractivity contribution in [2.24, 2.45) is 0 Å². The minimum atomic E-state index is -0.614. The second-order valence-electron chi connectivity index (χ2n) is 5.21. The van der Waals surface area contributed by atoms with Gasteiger partial charge in [0.15, 0.2) is 0 Å². The molecule has 0 aliphatic heterocycles. The number of nitrogens with one attached hydrogen (secondary N) is 1. The third kappa shape index (κ3) is 6.41. The first kappa shape index (κ1) is 15.7. The number of ether oxygens (including phenoxy) is 1. The third-order valence-electron chi connectivity index (χ3n) is 2.26. The van der Waals surface area contributed by atoms with Crippen LogP contribution in [0.3, 0.4) is 0 Å². The first-order valence-electron chi connectivity index (χ1n) is 6.02. The van der Waals surface area contributed by atoms with E-state index >= 15 is 0 Å². The van der Waals surface area contributed by atoms with Crippen molar-refractivity contribution in [3.63, 3.8) is 0 Å². The molecular formula is C14H18NO3Se-. The van der Waals surface area contributed by atoms with Gasteiger partial charge in [0.25, 0.3) is 0 Å². The maximum absolute atomic E-state index is 11.7. The molecular weight excluding hydrogens is 309 g/mol. The van der Waals surface area contributed by atoms with Gasteiger partial charge in [-0.25, -0.2) is 0 Å². The predicted molar refractivity (Wildman–Crippen MR) is 74.1 cm³/mol. The molecule has 1 aromatic carbocycles. The zero-order valence-electron chi connectivity index (χ0n) is 11.3. The van der Waals surface area contributed by atoms with E-state index in [9.17, 15) is 9.59 Å². The van der Waals surface area contributed by atoms with Crippen LogP contribution in [0.15, 0.2) is 30.3 Å². The van der Waals surface area contributed by atoms with Crippen molar-refractivity contribution in [2.45, 2.75) is 38.8 Å². The Labute approximate surface area is 121 Å². The Morgan fingerprint density at radius 1 is 1.26 bits per heavy atom. The van der Waals surface area contributed by atoms with Gasteiger partial charge in [-0.05, 0) is 0 Å². The Bertz CT molecular complexity index is 440. The summed E-state index contributed by atoms with van der Waals surface area (Å²) in [5, 5.41) is 2.58. The van der Waals surface area contributed by atoms with E-state index < -0.39 is 17.7 Å². The summed E-state index contributed by atoms with van der Waals surface area (Å²) in [6, 6.07) is 8.89. The van der Waals surface area contributed by atoms with Crippen LogP contribution in [0, 0.1) is 0 Å². The molecule has 1 N–H and O–H groups in total. The van der Waals surface area contributed by atoms with Crippen molar-refractivity contribution in [2.75, 3.05) is 0 Å². The average Bonchev–Trinajstić information content (AvgIpc) is 2.26. The SMILES string of the molecule is CC(C)(C)OC(=O)NC(Cc1ccccc1)C(=O)[Se-]. The fraction of sp³-hybridized carbons (Fsp3) is 0.429. The van der Waals surface area contributed by atoms with Gasteiger partial charge in [-0.2, -0.15) is 0 Å². The van der Waals surface area contributed by atoms with Crippen LogP contribution in [0.5, 0.6) is 0 Å². The Hall–Kier alpha value is -1.32. The van der Waals surface area contributed by atoms with Gasteiger partial charge >= 0.3 is 121 Å². The molecule has 1 rings (SSSR count). The van der Waals surface area contributed by atoms with Gasteiger partial charge in [0.05, 0.1) is 0 Å². The van der Waals surface area contributed by atoms with E-state index in [1.807, 2.05) is 30.3 Å². The van der Waals surface area contributed by atoms with E-state index in [-0.39, 0.29) is 4.68 Å². The second kappa shape index (κ2) is 6.73. The monoisotopic (exact) mass is 328 g/mol. The Morgan fingerprint density at radius 2 is 1.84 bits per heavy atom. The molecule has 19 heavy (non-hydrogen) atoms. The van der Waals surface area contributed by atoms with Gasteiger partial charge in [0.1, 0.15) is 0 Å². The van der Waals surface area contributed by atoms with Gasteiger partial charge in [-0.15, -0.1) is 0 Å². The number of hydrogen-bond donors (Lipinski definition) is 1. The number of amides is 1. The fourth-order valence-electron chi connectivity index (χ4n) is 1.49. The van der Waals surface area contributed by atoms with Crippen LogP contribution >= 0.6 is 0 Å². The third-order valence-corrected chi connectivity index (χ3v) is 2.86. The van der Waals surface area contributed by atoms with Gasteiger partial charge in [0.2, 0.25) is 0 Å². The number of carbonyl (C=O) groups excluding carboxylic acids is 2. The summed E-state index contributed by atoms with van der Waals surface area (Å²) in [5.41, 5.74) is 0.397. The Morgan fingerprint density at radius 3 is 2.32 bits per heavy atom. The van der Waals surface area contributed by atoms with Crippen molar-refractivity contribution in [1.29, 1.82) is 0 Å². The number of hydrogen-bond acceptors (Lipinski definition) is 3. The number of rotatable bonds is 4. The minimum absolute atomic E-state index is 0.213. The summed E-state index contributed by atoms with van der Waals surface area (Å²) >= 11 is 2.42. The molecule has 4 nitrogen and oxygen atoms in total. The van der Waals surface area contributed by atoms with E-state index in [1.165, 1.54) is 0 Å². The summed E-state index contributed by atoms with van der Waals surface area (Å²) < 4.78 is 4.93. The number of alkyl carbamates (subject to hydrolysis) is 1. The molecule has 104 valence electrons. The van der Waals surface area contributed by atoms with Crippen LogP contribution in [0.4, 0.5) is 4.79 Å². The summed E-state index contributed by atoms with van der Waals surface area (Å²) in [7, 11) is 0. The van der Waals surface area contributed by atoms with Crippen LogP contribution in [0.25, 0.3) is 0 Å². The fourth-order valence-corrected chi connectivity index (χ4v) is 1.79. The second-order valence-corrected chi connectivity index (χ2v) is 6.05. The van der Waals surface area contributed by atoms with Crippen molar-refractivity contribution in [3.8, 4) is 0 Å². The van der Waals surface area contributed by atoms with Crippen molar-refractivity contribution in [3.05, 3.63) is 35.9 Å². The Kier molecular flexibility index (Phi) is 5.58. The predicted octanol–water partition coefficient (Wildman–Crippen LogP) is 1.82. The van der Waals surface area contributed by atoms with Crippen LogP contribution in [-0.2, 0) is 16.0 Å². The number of carbonyl (C=O) groups is 2. The first-order valence-corrected chi connectivity index (χ1v) is 6.88. The number of benzene rings is 1. The molecule has 0 aliphatic rings.